The zero-order chi connectivity index (χ0) is 9.78. The van der Waals surface area contributed by atoms with Gasteiger partial charge in [-0.15, -0.1) is 11.6 Å². The fourth-order valence-electron chi connectivity index (χ4n) is 1.06. The van der Waals surface area contributed by atoms with E-state index in [2.05, 4.69) is 6.26 Å². The lowest BCUT2D eigenvalue weighted by Crippen LogP contribution is -1.98. The summed E-state index contributed by atoms with van der Waals surface area (Å²) in [6.45, 7) is 1.85. The molecule has 13 heavy (non-hydrogen) atoms. The molecular formula is C10H21ClOS. The summed E-state index contributed by atoms with van der Waals surface area (Å²) in [5, 5.41) is 0. The summed E-state index contributed by atoms with van der Waals surface area (Å²) in [7, 11) is 0. The van der Waals surface area contributed by atoms with Gasteiger partial charge in [0, 0.05) is 19.1 Å². The van der Waals surface area contributed by atoms with Gasteiger partial charge in [-0.25, -0.2) is 0 Å². The van der Waals surface area contributed by atoms with Gasteiger partial charge in [0.1, 0.15) is 0 Å². The van der Waals surface area contributed by atoms with Gasteiger partial charge >= 0.3 is 0 Å². The van der Waals surface area contributed by atoms with Crippen LogP contribution >= 0.6 is 23.4 Å². The average Bonchev–Trinajstić information content (AvgIpc) is 2.16. The van der Waals surface area contributed by atoms with Crippen LogP contribution < -0.4 is 0 Å². The molecule has 0 aromatic heterocycles. The Bertz CT molecular complexity index is 81.0. The highest BCUT2D eigenvalue weighted by Crippen LogP contribution is 2.02. The lowest BCUT2D eigenvalue weighted by molar-refractivity contribution is 0.131. The van der Waals surface area contributed by atoms with Gasteiger partial charge in [0.2, 0.25) is 0 Å². The van der Waals surface area contributed by atoms with E-state index in [4.69, 9.17) is 16.3 Å². The molecule has 0 aliphatic carbocycles. The van der Waals surface area contributed by atoms with Crippen molar-refractivity contribution in [1.82, 2.24) is 0 Å². The Labute approximate surface area is 91.6 Å². The third kappa shape index (κ3) is 12.6. The lowest BCUT2D eigenvalue weighted by Gasteiger charge is -2.02. The van der Waals surface area contributed by atoms with Crippen LogP contribution in [0.3, 0.4) is 0 Å². The second kappa shape index (κ2) is 12.6. The van der Waals surface area contributed by atoms with E-state index in [9.17, 15) is 0 Å². The smallest absolute Gasteiger partial charge is 0.0473 e. The first-order valence-electron chi connectivity index (χ1n) is 5.04. The number of rotatable bonds is 10. The maximum Gasteiger partial charge on any atom is 0.0473 e. The Morgan fingerprint density at radius 3 is 2.38 bits per heavy atom. The number of hydrogen-bond donors (Lipinski definition) is 0. The SMILES string of the molecule is CSCCCOCCCCCCCl. The Morgan fingerprint density at radius 1 is 1.00 bits per heavy atom. The van der Waals surface area contributed by atoms with Crippen molar-refractivity contribution < 1.29 is 4.74 Å². The molecule has 0 N–H and O–H groups in total. The fourth-order valence-corrected chi connectivity index (χ4v) is 1.66. The molecule has 0 unspecified atom stereocenters. The number of halogens is 1. The minimum absolute atomic E-state index is 0.800. The summed E-state index contributed by atoms with van der Waals surface area (Å²) in [4.78, 5) is 0. The molecule has 0 heterocycles. The largest absolute Gasteiger partial charge is 0.381 e. The van der Waals surface area contributed by atoms with Crippen LogP contribution in [0.5, 0.6) is 0 Å². The number of hydrogen-bond acceptors (Lipinski definition) is 2. The van der Waals surface area contributed by atoms with Gasteiger partial charge in [-0.2, -0.15) is 11.8 Å². The molecule has 0 radical (unpaired) electrons. The van der Waals surface area contributed by atoms with Crippen molar-refractivity contribution in [3.63, 3.8) is 0 Å². The highest BCUT2D eigenvalue weighted by molar-refractivity contribution is 7.98. The van der Waals surface area contributed by atoms with Crippen LogP contribution in [0.4, 0.5) is 0 Å². The average molecular weight is 225 g/mol. The van der Waals surface area contributed by atoms with Crippen LogP contribution in [-0.4, -0.2) is 31.1 Å². The van der Waals surface area contributed by atoms with Crippen molar-refractivity contribution in [3.8, 4) is 0 Å². The van der Waals surface area contributed by atoms with Crippen molar-refractivity contribution >= 4 is 23.4 Å². The van der Waals surface area contributed by atoms with E-state index in [1.54, 1.807) is 0 Å². The molecule has 0 spiro atoms. The minimum atomic E-state index is 0.800. The number of thioether (sulfide) groups is 1. The maximum absolute atomic E-state index is 5.57. The molecule has 0 aliphatic heterocycles. The summed E-state index contributed by atoms with van der Waals surface area (Å²) < 4.78 is 5.47. The van der Waals surface area contributed by atoms with Gasteiger partial charge in [0.05, 0.1) is 0 Å². The topological polar surface area (TPSA) is 9.23 Å². The molecule has 0 saturated heterocycles. The van der Waals surface area contributed by atoms with E-state index < -0.39 is 0 Å². The summed E-state index contributed by atoms with van der Waals surface area (Å²) >= 11 is 7.45. The van der Waals surface area contributed by atoms with Gasteiger partial charge in [-0.1, -0.05) is 12.8 Å². The molecule has 0 aromatic rings. The summed E-state index contributed by atoms with van der Waals surface area (Å²) in [5.74, 6) is 2.01. The van der Waals surface area contributed by atoms with E-state index in [1.807, 2.05) is 11.8 Å². The molecule has 3 heteroatoms. The first kappa shape index (κ1) is 13.6. The Kier molecular flexibility index (Phi) is 13.2. The third-order valence-electron chi connectivity index (χ3n) is 1.81. The minimum Gasteiger partial charge on any atom is -0.381 e. The molecule has 0 aromatic carbocycles. The van der Waals surface area contributed by atoms with Gasteiger partial charge in [-0.05, 0) is 31.3 Å². The predicted octanol–water partition coefficient (Wildman–Crippen LogP) is 3.56. The molecule has 0 atom stereocenters. The van der Waals surface area contributed by atoms with E-state index in [0.29, 0.717) is 0 Å². The van der Waals surface area contributed by atoms with E-state index in [-0.39, 0.29) is 0 Å². The molecule has 0 rings (SSSR count). The van der Waals surface area contributed by atoms with Crippen molar-refractivity contribution in [1.29, 1.82) is 0 Å². The monoisotopic (exact) mass is 224 g/mol. The van der Waals surface area contributed by atoms with Gasteiger partial charge in [0.25, 0.3) is 0 Å². The second-order valence-corrected chi connectivity index (χ2v) is 4.43. The molecule has 80 valence electrons. The van der Waals surface area contributed by atoms with Crippen LogP contribution in [0, 0.1) is 0 Å². The Hall–Kier alpha value is 0.600. The molecule has 0 saturated carbocycles. The van der Waals surface area contributed by atoms with E-state index >= 15 is 0 Å². The van der Waals surface area contributed by atoms with Crippen LogP contribution in [0.1, 0.15) is 32.1 Å². The normalized spacial score (nSPS) is 10.6. The summed E-state index contributed by atoms with van der Waals surface area (Å²) in [6, 6.07) is 0. The van der Waals surface area contributed by atoms with Gasteiger partial charge in [0.15, 0.2) is 0 Å². The van der Waals surface area contributed by atoms with Crippen molar-refractivity contribution in [3.05, 3.63) is 0 Å². The quantitative estimate of drug-likeness (QED) is 0.415. The van der Waals surface area contributed by atoms with Crippen molar-refractivity contribution in [2.24, 2.45) is 0 Å². The highest BCUT2D eigenvalue weighted by atomic mass is 35.5. The molecule has 0 amide bonds. The molecule has 0 fully saturated rings. The zero-order valence-corrected chi connectivity index (χ0v) is 10.1. The molecule has 1 nitrogen and oxygen atoms in total. The fraction of sp³-hybridized carbons (Fsp3) is 1.00. The zero-order valence-electron chi connectivity index (χ0n) is 8.56. The summed E-state index contributed by atoms with van der Waals surface area (Å²) in [6.07, 6.45) is 8.16. The lowest BCUT2D eigenvalue weighted by atomic mass is 10.2. The predicted molar refractivity (Wildman–Crippen MR) is 63.0 cm³/mol. The Morgan fingerprint density at radius 2 is 1.69 bits per heavy atom. The molecular weight excluding hydrogens is 204 g/mol. The van der Waals surface area contributed by atoms with Crippen molar-refractivity contribution in [2.75, 3.05) is 31.1 Å². The standard InChI is InChI=1S/C10H21ClOS/c1-13-10-6-9-12-8-5-3-2-4-7-11/h2-10H2,1H3. The van der Waals surface area contributed by atoms with E-state index in [0.717, 1.165) is 25.5 Å². The van der Waals surface area contributed by atoms with Crippen LogP contribution in [0.25, 0.3) is 0 Å². The van der Waals surface area contributed by atoms with Crippen LogP contribution in [0.15, 0.2) is 0 Å². The van der Waals surface area contributed by atoms with Gasteiger partial charge < -0.3 is 4.74 Å². The second-order valence-electron chi connectivity index (χ2n) is 3.06. The summed E-state index contributed by atoms with van der Waals surface area (Å²) in [5.41, 5.74) is 0. The first-order valence-corrected chi connectivity index (χ1v) is 6.97. The number of alkyl halides is 1. The van der Waals surface area contributed by atoms with Gasteiger partial charge in [-0.3, -0.25) is 0 Å². The Balaban J connectivity index is 2.76. The molecule has 0 aliphatic rings. The van der Waals surface area contributed by atoms with Crippen LogP contribution in [-0.2, 0) is 4.74 Å². The van der Waals surface area contributed by atoms with E-state index in [1.165, 1.54) is 31.4 Å². The maximum atomic E-state index is 5.57. The van der Waals surface area contributed by atoms with Crippen molar-refractivity contribution in [2.45, 2.75) is 32.1 Å². The number of ether oxygens (including phenoxy) is 1. The molecule has 0 bridgehead atoms. The number of unbranched alkanes of at least 4 members (excludes halogenated alkanes) is 3. The third-order valence-corrected chi connectivity index (χ3v) is 2.77. The van der Waals surface area contributed by atoms with Crippen LogP contribution in [0.2, 0.25) is 0 Å². The first-order chi connectivity index (χ1) is 6.41. The highest BCUT2D eigenvalue weighted by Gasteiger charge is 1.90.